The maximum Gasteiger partial charge on any atom is 0.288 e. The fourth-order valence-electron chi connectivity index (χ4n) is 13.3. The first-order chi connectivity index (χ1) is 29.9. The van der Waals surface area contributed by atoms with Crippen molar-refractivity contribution in [1.82, 2.24) is 0 Å². The number of aliphatic hydroxyl groups is 1. The molecule has 0 radical (unpaired) electrons. The molecular formula is C56H60O3Si2. The SMILES string of the molecule is C[C@H]1C[C@@H]2[C@H](CC[C@]3(C)[C@@H](O[Si](c4ccccc4)(c4ccccc4)c4ccccc4)CC[C@@H]23)[C@@]2(CO)CC[C@H](O[Si](c3ccccc3)(c3ccccc3)c3ccccc3)C=C12. The van der Waals surface area contributed by atoms with Gasteiger partial charge in [0.15, 0.2) is 0 Å². The van der Waals surface area contributed by atoms with Gasteiger partial charge in [-0.15, -0.1) is 0 Å². The Morgan fingerprint density at radius 2 is 0.918 bits per heavy atom. The van der Waals surface area contributed by atoms with E-state index in [4.69, 9.17) is 8.85 Å². The zero-order chi connectivity index (χ0) is 41.5. The van der Waals surface area contributed by atoms with Gasteiger partial charge in [-0.2, -0.15) is 0 Å². The highest BCUT2D eigenvalue weighted by atomic mass is 28.4. The Hall–Kier alpha value is -4.63. The normalized spacial score (nSPS) is 28.5. The molecule has 4 aliphatic rings. The summed E-state index contributed by atoms with van der Waals surface area (Å²) in [4.78, 5) is 0. The molecule has 3 saturated carbocycles. The van der Waals surface area contributed by atoms with Gasteiger partial charge in [-0.05, 0) is 105 Å². The Kier molecular flexibility index (Phi) is 11.0. The third-order valence-corrected chi connectivity index (χ3v) is 24.2. The number of hydrogen-bond donors (Lipinski definition) is 1. The van der Waals surface area contributed by atoms with E-state index in [0.29, 0.717) is 23.7 Å². The predicted molar refractivity (Wildman–Crippen MR) is 255 cm³/mol. The molecule has 0 bridgehead atoms. The van der Waals surface area contributed by atoms with Crippen molar-refractivity contribution in [3.63, 3.8) is 0 Å². The summed E-state index contributed by atoms with van der Waals surface area (Å²) >= 11 is 0. The maximum atomic E-state index is 11.8. The summed E-state index contributed by atoms with van der Waals surface area (Å²) in [6, 6.07) is 66.3. The van der Waals surface area contributed by atoms with Gasteiger partial charge in [0.1, 0.15) is 0 Å². The van der Waals surface area contributed by atoms with Crippen molar-refractivity contribution in [2.45, 2.75) is 71.0 Å². The van der Waals surface area contributed by atoms with Crippen LogP contribution < -0.4 is 31.1 Å². The summed E-state index contributed by atoms with van der Waals surface area (Å²) in [7, 11) is -5.79. The molecular weight excluding hydrogens is 777 g/mol. The van der Waals surface area contributed by atoms with Crippen LogP contribution in [0.1, 0.15) is 58.8 Å². The summed E-state index contributed by atoms with van der Waals surface area (Å²) in [5, 5.41) is 19.5. The first-order valence-electron chi connectivity index (χ1n) is 22.9. The lowest BCUT2D eigenvalue weighted by Crippen LogP contribution is -2.71. The van der Waals surface area contributed by atoms with Crippen molar-refractivity contribution >= 4 is 47.8 Å². The summed E-state index contributed by atoms with van der Waals surface area (Å²) < 4.78 is 15.8. The van der Waals surface area contributed by atoms with Crippen molar-refractivity contribution < 1.29 is 14.0 Å². The van der Waals surface area contributed by atoms with Gasteiger partial charge in [0.2, 0.25) is 0 Å². The van der Waals surface area contributed by atoms with E-state index in [9.17, 15) is 5.11 Å². The number of fused-ring (bicyclic) bond motifs is 5. The van der Waals surface area contributed by atoms with E-state index in [1.807, 2.05) is 0 Å². The lowest BCUT2D eigenvalue weighted by Gasteiger charge is -2.61. The van der Waals surface area contributed by atoms with Crippen LogP contribution in [0.2, 0.25) is 0 Å². The minimum atomic E-state index is -2.91. The van der Waals surface area contributed by atoms with E-state index < -0.39 is 16.6 Å². The van der Waals surface area contributed by atoms with E-state index in [0.717, 1.165) is 38.5 Å². The van der Waals surface area contributed by atoms with Gasteiger partial charge >= 0.3 is 0 Å². The molecule has 6 aromatic rings. The van der Waals surface area contributed by atoms with Crippen molar-refractivity contribution in [1.29, 1.82) is 0 Å². The van der Waals surface area contributed by atoms with Gasteiger partial charge in [-0.25, -0.2) is 0 Å². The van der Waals surface area contributed by atoms with Gasteiger partial charge in [0.25, 0.3) is 16.6 Å². The molecule has 8 atom stereocenters. The van der Waals surface area contributed by atoms with Crippen molar-refractivity contribution in [2.24, 2.45) is 34.5 Å². The molecule has 3 nitrogen and oxygen atoms in total. The Morgan fingerprint density at radius 3 is 1.33 bits per heavy atom. The smallest absolute Gasteiger partial charge is 0.288 e. The van der Waals surface area contributed by atoms with E-state index in [2.05, 4.69) is 202 Å². The van der Waals surface area contributed by atoms with Gasteiger partial charge < -0.3 is 14.0 Å². The van der Waals surface area contributed by atoms with Crippen LogP contribution in [-0.4, -0.2) is 40.6 Å². The van der Waals surface area contributed by atoms with Crippen LogP contribution in [0.15, 0.2) is 194 Å². The lowest BCUT2D eigenvalue weighted by molar-refractivity contribution is -0.0977. The number of rotatable bonds is 11. The van der Waals surface area contributed by atoms with Gasteiger partial charge in [-0.3, -0.25) is 0 Å². The molecule has 3 fully saturated rings. The molecule has 5 heteroatoms. The first kappa shape index (κ1) is 40.4. The summed E-state index contributed by atoms with van der Waals surface area (Å²) in [5.41, 5.74) is 1.31. The molecule has 61 heavy (non-hydrogen) atoms. The van der Waals surface area contributed by atoms with Crippen molar-refractivity contribution in [3.05, 3.63) is 194 Å². The molecule has 4 aliphatic carbocycles. The Balaban J connectivity index is 0.986. The largest absolute Gasteiger partial charge is 0.401 e. The van der Waals surface area contributed by atoms with E-state index in [1.54, 1.807) is 0 Å². The highest BCUT2D eigenvalue weighted by molar-refractivity contribution is 7.07. The third kappa shape index (κ3) is 6.71. The number of hydrogen-bond acceptors (Lipinski definition) is 3. The van der Waals surface area contributed by atoms with Gasteiger partial charge in [0.05, 0.1) is 18.8 Å². The second-order valence-electron chi connectivity index (χ2n) is 18.9. The van der Waals surface area contributed by atoms with Crippen LogP contribution in [0.25, 0.3) is 0 Å². The quantitative estimate of drug-likeness (QED) is 0.0812. The van der Waals surface area contributed by atoms with Crippen molar-refractivity contribution in [2.75, 3.05) is 6.61 Å². The zero-order valence-electron chi connectivity index (χ0n) is 35.8. The molecule has 310 valence electrons. The molecule has 0 saturated heterocycles. The summed E-state index contributed by atoms with van der Waals surface area (Å²) in [6.07, 6.45) is 10.2. The lowest BCUT2D eigenvalue weighted by atomic mass is 9.45. The first-order valence-corrected chi connectivity index (χ1v) is 26.8. The average molecular weight is 837 g/mol. The predicted octanol–water partition coefficient (Wildman–Crippen LogP) is 8.27. The molecule has 0 amide bonds. The minimum Gasteiger partial charge on any atom is -0.401 e. The second-order valence-corrected chi connectivity index (χ2v) is 25.6. The van der Waals surface area contributed by atoms with Crippen LogP contribution in [0, 0.1) is 34.5 Å². The summed E-state index contributed by atoms with van der Waals surface area (Å²) in [6.45, 7) is 5.25. The van der Waals surface area contributed by atoms with Gasteiger partial charge in [-0.1, -0.05) is 207 Å². The Bertz CT molecular complexity index is 2220. The molecule has 0 aromatic heterocycles. The van der Waals surface area contributed by atoms with Crippen molar-refractivity contribution in [3.8, 4) is 0 Å². The van der Waals surface area contributed by atoms with E-state index in [1.165, 1.54) is 43.1 Å². The highest BCUT2D eigenvalue weighted by Gasteiger charge is 2.63. The Morgan fingerprint density at radius 1 is 0.508 bits per heavy atom. The summed E-state index contributed by atoms with van der Waals surface area (Å²) in [5.74, 6) is 1.93. The van der Waals surface area contributed by atoms with Crippen LogP contribution in [0.3, 0.4) is 0 Å². The molecule has 1 N–H and O–H groups in total. The monoisotopic (exact) mass is 836 g/mol. The zero-order valence-corrected chi connectivity index (χ0v) is 37.8. The topological polar surface area (TPSA) is 38.7 Å². The molecule has 6 aromatic carbocycles. The van der Waals surface area contributed by atoms with Crippen LogP contribution >= 0.6 is 0 Å². The fraction of sp³-hybridized carbons (Fsp3) is 0.321. The Labute approximate surface area is 365 Å². The van der Waals surface area contributed by atoms with E-state index in [-0.39, 0.29) is 29.6 Å². The van der Waals surface area contributed by atoms with Gasteiger partial charge in [0, 0.05) is 5.41 Å². The molecule has 10 rings (SSSR count). The third-order valence-electron chi connectivity index (χ3n) is 16.0. The van der Waals surface area contributed by atoms with E-state index >= 15 is 0 Å². The number of aliphatic hydroxyl groups excluding tert-OH is 1. The fourth-order valence-corrected chi connectivity index (χ4v) is 21.5. The highest BCUT2D eigenvalue weighted by Crippen LogP contribution is 2.67. The number of benzene rings is 6. The molecule has 0 aliphatic heterocycles. The molecule has 0 spiro atoms. The molecule has 0 heterocycles. The van der Waals surface area contributed by atoms with Crippen LogP contribution in [0.5, 0.6) is 0 Å². The average Bonchev–Trinajstić information content (AvgIpc) is 3.67. The standard InChI is InChI=1S/C56H60O3Si2/c1-42-39-50-51-33-34-54(59-61(47-27-15-6-16-28-47,48-29-17-7-18-30-48)49-31-19-8-20-32-49)55(51,2)37-36-52(50)56(41-57)38-35-43(40-53(42)56)58-60(44-21-9-3-10-22-44,45-23-11-4-12-24-45)46-25-13-5-14-26-46/h3-32,40,42-43,50-52,54,57H,33-39,41H2,1-2H3/t42-,43-,50-,51-,52-,54-,55-,56-/m0/s1. The van der Waals surface area contributed by atoms with Crippen LogP contribution in [-0.2, 0) is 8.85 Å². The second kappa shape index (κ2) is 16.6. The molecule has 0 unspecified atom stereocenters. The van der Waals surface area contributed by atoms with Crippen LogP contribution in [0.4, 0.5) is 0 Å². The minimum absolute atomic E-state index is 0.0360. The maximum absolute atomic E-state index is 11.8.